The summed E-state index contributed by atoms with van der Waals surface area (Å²) in [7, 11) is 1.62. The summed E-state index contributed by atoms with van der Waals surface area (Å²) in [6, 6.07) is 1.75. The van der Waals surface area contributed by atoms with Crippen molar-refractivity contribution >= 4 is 17.5 Å². The van der Waals surface area contributed by atoms with E-state index in [0.717, 1.165) is 13.0 Å². The van der Waals surface area contributed by atoms with Crippen LogP contribution < -0.4 is 21.5 Å². The molecule has 0 aliphatic heterocycles. The number of hydrogen-bond acceptors (Lipinski definition) is 6. The molecule has 0 saturated heterocycles. The van der Waals surface area contributed by atoms with Crippen molar-refractivity contribution in [1.82, 2.24) is 15.3 Å². The zero-order valence-corrected chi connectivity index (χ0v) is 12.6. The summed E-state index contributed by atoms with van der Waals surface area (Å²) in [4.78, 5) is 22.4. The summed E-state index contributed by atoms with van der Waals surface area (Å²) >= 11 is 0. The van der Waals surface area contributed by atoms with E-state index in [2.05, 4.69) is 27.6 Å². The van der Waals surface area contributed by atoms with Gasteiger partial charge < -0.3 is 15.6 Å². The second-order valence-corrected chi connectivity index (χ2v) is 4.86. The SMILES string of the molecule is CCCN(CC(=O)NC)c1cc(NN)nc(C(C)C)n1. The maximum atomic E-state index is 11.6. The summed E-state index contributed by atoms with van der Waals surface area (Å²) < 4.78 is 0. The molecule has 1 aromatic heterocycles. The van der Waals surface area contributed by atoms with Gasteiger partial charge in [0.15, 0.2) is 0 Å². The Hall–Kier alpha value is -1.89. The molecule has 7 heteroatoms. The Bertz CT molecular complexity index is 448. The summed E-state index contributed by atoms with van der Waals surface area (Å²) in [6.45, 7) is 7.10. The summed E-state index contributed by atoms with van der Waals surface area (Å²) in [5.74, 6) is 7.55. The minimum absolute atomic E-state index is 0.0505. The monoisotopic (exact) mass is 280 g/mol. The van der Waals surface area contributed by atoms with E-state index in [1.165, 1.54) is 0 Å². The number of amides is 1. The maximum Gasteiger partial charge on any atom is 0.239 e. The van der Waals surface area contributed by atoms with E-state index in [1.807, 2.05) is 18.7 Å². The molecule has 0 fully saturated rings. The molecule has 1 heterocycles. The average Bonchev–Trinajstić information content (AvgIpc) is 2.45. The topological polar surface area (TPSA) is 96.2 Å². The van der Waals surface area contributed by atoms with E-state index in [0.29, 0.717) is 17.5 Å². The molecule has 0 saturated carbocycles. The van der Waals surface area contributed by atoms with Gasteiger partial charge in [-0.2, -0.15) is 0 Å². The highest BCUT2D eigenvalue weighted by Crippen LogP contribution is 2.19. The second kappa shape index (κ2) is 7.64. The van der Waals surface area contributed by atoms with Crippen molar-refractivity contribution in [2.45, 2.75) is 33.1 Å². The smallest absolute Gasteiger partial charge is 0.239 e. The highest BCUT2D eigenvalue weighted by atomic mass is 16.1. The number of nitrogen functional groups attached to an aromatic ring is 1. The molecule has 0 aromatic carbocycles. The molecule has 1 aromatic rings. The Labute approximate surface area is 119 Å². The lowest BCUT2D eigenvalue weighted by atomic mass is 10.2. The van der Waals surface area contributed by atoms with Gasteiger partial charge in [-0.3, -0.25) is 4.79 Å². The molecule has 0 aliphatic rings. The fourth-order valence-corrected chi connectivity index (χ4v) is 1.74. The number of rotatable bonds is 7. The minimum Gasteiger partial charge on any atom is -0.358 e. The van der Waals surface area contributed by atoms with Crippen molar-refractivity contribution < 1.29 is 4.79 Å². The van der Waals surface area contributed by atoms with Gasteiger partial charge in [-0.15, -0.1) is 0 Å². The van der Waals surface area contributed by atoms with Crippen LogP contribution in [0.15, 0.2) is 6.07 Å². The van der Waals surface area contributed by atoms with Gasteiger partial charge in [0.2, 0.25) is 5.91 Å². The molecule has 0 spiro atoms. The number of hydrazine groups is 1. The van der Waals surface area contributed by atoms with Crippen LogP contribution in [0, 0.1) is 0 Å². The quantitative estimate of drug-likeness (QED) is 0.506. The van der Waals surface area contributed by atoms with Gasteiger partial charge in [0, 0.05) is 25.6 Å². The second-order valence-electron chi connectivity index (χ2n) is 4.86. The third kappa shape index (κ3) is 4.34. The molecule has 7 nitrogen and oxygen atoms in total. The molecule has 0 bridgehead atoms. The number of anilines is 2. The van der Waals surface area contributed by atoms with Crippen LogP contribution in [0.2, 0.25) is 0 Å². The molecular formula is C13H24N6O. The van der Waals surface area contributed by atoms with Crippen molar-refractivity contribution in [2.24, 2.45) is 5.84 Å². The van der Waals surface area contributed by atoms with E-state index in [-0.39, 0.29) is 18.4 Å². The first-order valence-corrected chi connectivity index (χ1v) is 6.82. The first-order valence-electron chi connectivity index (χ1n) is 6.82. The van der Waals surface area contributed by atoms with Gasteiger partial charge in [0.25, 0.3) is 0 Å². The van der Waals surface area contributed by atoms with Crippen molar-refractivity contribution in [3.63, 3.8) is 0 Å². The number of carbonyl (C=O) groups excluding carboxylic acids is 1. The van der Waals surface area contributed by atoms with Crippen molar-refractivity contribution in [2.75, 3.05) is 30.5 Å². The normalized spacial score (nSPS) is 10.5. The van der Waals surface area contributed by atoms with E-state index in [9.17, 15) is 4.79 Å². The Morgan fingerprint density at radius 3 is 2.65 bits per heavy atom. The highest BCUT2D eigenvalue weighted by Gasteiger charge is 2.15. The van der Waals surface area contributed by atoms with Crippen LogP contribution in [0.1, 0.15) is 38.9 Å². The number of nitrogens with one attached hydrogen (secondary N) is 2. The standard InChI is InChI=1S/C13H24N6O/c1-5-6-19(8-12(20)15-4)11-7-10(18-14)16-13(17-11)9(2)3/h7,9H,5-6,8,14H2,1-4H3,(H,15,20)(H,16,17,18). The average molecular weight is 280 g/mol. The molecule has 112 valence electrons. The van der Waals surface area contributed by atoms with Gasteiger partial charge in [-0.1, -0.05) is 20.8 Å². The summed E-state index contributed by atoms with van der Waals surface area (Å²) in [5, 5.41) is 2.63. The van der Waals surface area contributed by atoms with Crippen LogP contribution in [-0.2, 0) is 4.79 Å². The molecular weight excluding hydrogens is 256 g/mol. The fraction of sp³-hybridized carbons (Fsp3) is 0.615. The Kier molecular flexibility index (Phi) is 6.17. The lowest BCUT2D eigenvalue weighted by Gasteiger charge is -2.23. The molecule has 20 heavy (non-hydrogen) atoms. The lowest BCUT2D eigenvalue weighted by molar-refractivity contribution is -0.119. The first-order chi connectivity index (χ1) is 9.51. The predicted octanol–water partition coefficient (Wildman–Crippen LogP) is 0.848. The van der Waals surface area contributed by atoms with Crippen LogP contribution in [0.25, 0.3) is 0 Å². The third-order valence-electron chi connectivity index (χ3n) is 2.83. The van der Waals surface area contributed by atoms with E-state index >= 15 is 0 Å². The van der Waals surface area contributed by atoms with E-state index in [4.69, 9.17) is 5.84 Å². The molecule has 0 radical (unpaired) electrons. The number of aromatic nitrogens is 2. The predicted molar refractivity (Wildman–Crippen MR) is 80.5 cm³/mol. The molecule has 0 atom stereocenters. The van der Waals surface area contributed by atoms with E-state index < -0.39 is 0 Å². The Morgan fingerprint density at radius 1 is 1.45 bits per heavy atom. The summed E-state index contributed by atoms with van der Waals surface area (Å²) in [6.07, 6.45) is 0.920. The van der Waals surface area contributed by atoms with Gasteiger partial charge in [0.05, 0.1) is 6.54 Å². The highest BCUT2D eigenvalue weighted by molar-refractivity contribution is 5.80. The number of carbonyl (C=O) groups is 1. The Morgan fingerprint density at radius 2 is 2.15 bits per heavy atom. The zero-order chi connectivity index (χ0) is 15.1. The van der Waals surface area contributed by atoms with Gasteiger partial charge in [0.1, 0.15) is 17.5 Å². The fourth-order valence-electron chi connectivity index (χ4n) is 1.74. The summed E-state index contributed by atoms with van der Waals surface area (Å²) in [5.41, 5.74) is 2.55. The molecule has 1 amide bonds. The van der Waals surface area contributed by atoms with Gasteiger partial charge in [-0.25, -0.2) is 15.8 Å². The number of nitrogens with two attached hydrogens (primary N) is 1. The molecule has 0 unspecified atom stereocenters. The largest absolute Gasteiger partial charge is 0.358 e. The van der Waals surface area contributed by atoms with Gasteiger partial charge >= 0.3 is 0 Å². The molecule has 4 N–H and O–H groups in total. The molecule has 1 rings (SSSR count). The van der Waals surface area contributed by atoms with E-state index in [1.54, 1.807) is 13.1 Å². The van der Waals surface area contributed by atoms with Crippen LogP contribution in [0.3, 0.4) is 0 Å². The number of nitrogens with zero attached hydrogens (tertiary/aromatic N) is 3. The maximum absolute atomic E-state index is 11.6. The molecule has 0 aliphatic carbocycles. The minimum atomic E-state index is -0.0505. The van der Waals surface area contributed by atoms with Crippen LogP contribution in [-0.4, -0.2) is 36.0 Å². The van der Waals surface area contributed by atoms with Crippen LogP contribution in [0.5, 0.6) is 0 Å². The van der Waals surface area contributed by atoms with Crippen molar-refractivity contribution in [1.29, 1.82) is 0 Å². The van der Waals surface area contributed by atoms with Crippen LogP contribution in [0.4, 0.5) is 11.6 Å². The third-order valence-corrected chi connectivity index (χ3v) is 2.83. The van der Waals surface area contributed by atoms with Crippen molar-refractivity contribution in [3.8, 4) is 0 Å². The number of likely N-dealkylation sites (N-methyl/N-ethyl adjacent to an activating group) is 1. The number of hydrogen-bond donors (Lipinski definition) is 3. The first kappa shape index (κ1) is 16.2. The van der Waals surface area contributed by atoms with Crippen LogP contribution >= 0.6 is 0 Å². The van der Waals surface area contributed by atoms with Gasteiger partial charge in [-0.05, 0) is 6.42 Å². The van der Waals surface area contributed by atoms with Crippen molar-refractivity contribution in [3.05, 3.63) is 11.9 Å². The lowest BCUT2D eigenvalue weighted by Crippen LogP contribution is -2.37. The zero-order valence-electron chi connectivity index (χ0n) is 12.6. The Balaban J connectivity index is 3.10.